The van der Waals surface area contributed by atoms with Gasteiger partial charge in [0.1, 0.15) is 5.75 Å². The number of benzene rings is 2. The lowest BCUT2D eigenvalue weighted by molar-refractivity contribution is -0.120. The van der Waals surface area contributed by atoms with Gasteiger partial charge in [0.05, 0.1) is 11.4 Å². The number of carbonyl (C=O) groups excluding carboxylic acids is 1. The number of hydrogen-bond donors (Lipinski definition) is 1. The fourth-order valence-electron chi connectivity index (χ4n) is 2.98. The maximum atomic E-state index is 12.1. The highest BCUT2D eigenvalue weighted by Crippen LogP contribution is 2.31. The fourth-order valence-corrected chi connectivity index (χ4v) is 2.98. The number of ether oxygens (including phenoxy) is 1. The summed E-state index contributed by atoms with van der Waals surface area (Å²) in [5, 5.41) is 7.50. The summed E-state index contributed by atoms with van der Waals surface area (Å²) in [6.07, 6.45) is 2.57. The zero-order valence-corrected chi connectivity index (χ0v) is 16.3. The number of aryl methyl sites for hydroxylation is 2. The molecule has 5 nitrogen and oxygen atoms in total. The van der Waals surface area contributed by atoms with Crippen LogP contribution < -0.4 is 10.1 Å². The topological polar surface area (TPSA) is 56.2 Å². The Morgan fingerprint density at radius 2 is 1.96 bits per heavy atom. The molecule has 3 rings (SSSR count). The van der Waals surface area contributed by atoms with Crippen molar-refractivity contribution in [2.45, 2.75) is 26.7 Å². The Bertz CT molecular complexity index is 961. The van der Waals surface area contributed by atoms with Crippen LogP contribution in [0, 0.1) is 13.8 Å². The van der Waals surface area contributed by atoms with Crippen LogP contribution in [0.4, 0.5) is 0 Å². The number of nitrogens with zero attached hydrogens (tertiary/aromatic N) is 2. The zero-order valence-electron chi connectivity index (χ0n) is 16.3. The molecule has 0 fully saturated rings. The van der Waals surface area contributed by atoms with Gasteiger partial charge in [-0.2, -0.15) is 5.10 Å². The molecule has 5 heteroatoms. The van der Waals surface area contributed by atoms with Crippen molar-refractivity contribution in [1.82, 2.24) is 15.1 Å². The van der Waals surface area contributed by atoms with Crippen LogP contribution >= 0.6 is 0 Å². The third-order valence-corrected chi connectivity index (χ3v) is 4.39. The minimum absolute atomic E-state index is 0.0201. The van der Waals surface area contributed by atoms with E-state index in [2.05, 4.69) is 17.0 Å². The van der Waals surface area contributed by atoms with Gasteiger partial charge in [-0.25, -0.2) is 4.68 Å². The number of nitrogens with one attached hydrogen (secondary N) is 1. The molecular weight excluding hydrogens is 350 g/mol. The largest absolute Gasteiger partial charge is 0.439 e. The molecule has 28 heavy (non-hydrogen) atoms. The van der Waals surface area contributed by atoms with Crippen LogP contribution in [0.3, 0.4) is 0 Å². The molecule has 0 aliphatic carbocycles. The molecule has 0 saturated carbocycles. The van der Waals surface area contributed by atoms with Gasteiger partial charge in [-0.05, 0) is 50.1 Å². The first-order valence-corrected chi connectivity index (χ1v) is 9.34. The minimum atomic E-state index is -0.0201. The molecule has 0 unspecified atom stereocenters. The van der Waals surface area contributed by atoms with Gasteiger partial charge in [-0.15, -0.1) is 6.58 Å². The van der Waals surface area contributed by atoms with Gasteiger partial charge in [-0.1, -0.05) is 36.4 Å². The number of amides is 1. The highest BCUT2D eigenvalue weighted by atomic mass is 16.5. The van der Waals surface area contributed by atoms with Crippen LogP contribution in [0.2, 0.25) is 0 Å². The lowest BCUT2D eigenvalue weighted by Gasteiger charge is -2.12. The monoisotopic (exact) mass is 375 g/mol. The van der Waals surface area contributed by atoms with Crippen molar-refractivity contribution in [2.24, 2.45) is 0 Å². The van der Waals surface area contributed by atoms with Crippen molar-refractivity contribution in [1.29, 1.82) is 0 Å². The quantitative estimate of drug-likeness (QED) is 0.589. The Kier molecular flexibility index (Phi) is 6.27. The smallest absolute Gasteiger partial charge is 0.226 e. The number of carbonyl (C=O) groups is 1. The molecule has 1 aromatic heterocycles. The molecule has 0 bridgehead atoms. The summed E-state index contributed by atoms with van der Waals surface area (Å²) >= 11 is 0. The summed E-state index contributed by atoms with van der Waals surface area (Å²) in [7, 11) is 0. The van der Waals surface area contributed by atoms with Crippen LogP contribution in [0.15, 0.2) is 67.3 Å². The Morgan fingerprint density at radius 1 is 1.18 bits per heavy atom. The van der Waals surface area contributed by atoms with Gasteiger partial charge in [0, 0.05) is 18.5 Å². The van der Waals surface area contributed by atoms with Crippen LogP contribution in [0.25, 0.3) is 5.69 Å². The van der Waals surface area contributed by atoms with E-state index in [0.29, 0.717) is 25.3 Å². The van der Waals surface area contributed by atoms with E-state index >= 15 is 0 Å². The predicted molar refractivity (Wildman–Crippen MR) is 111 cm³/mol. The summed E-state index contributed by atoms with van der Waals surface area (Å²) in [6.45, 7) is 8.06. The van der Waals surface area contributed by atoms with E-state index < -0.39 is 0 Å². The summed E-state index contributed by atoms with van der Waals surface area (Å²) < 4.78 is 8.06. The lowest BCUT2D eigenvalue weighted by atomic mass is 10.1. The third-order valence-electron chi connectivity index (χ3n) is 4.39. The molecule has 0 saturated heterocycles. The molecule has 3 aromatic rings. The van der Waals surface area contributed by atoms with Crippen molar-refractivity contribution >= 4 is 5.91 Å². The number of hydrogen-bond acceptors (Lipinski definition) is 3. The number of para-hydroxylation sites is 1. The van der Waals surface area contributed by atoms with Gasteiger partial charge in [0.15, 0.2) is 0 Å². The average Bonchev–Trinajstić information content (AvgIpc) is 3.00. The van der Waals surface area contributed by atoms with Gasteiger partial charge >= 0.3 is 0 Å². The Labute approximate surface area is 165 Å². The second-order valence-electron chi connectivity index (χ2n) is 6.63. The van der Waals surface area contributed by atoms with Crippen molar-refractivity contribution in [3.05, 3.63) is 84.1 Å². The summed E-state index contributed by atoms with van der Waals surface area (Å²) in [6, 6.07) is 17.7. The fraction of sp³-hybridized carbons (Fsp3) is 0.217. The van der Waals surface area contributed by atoms with E-state index in [0.717, 1.165) is 28.3 Å². The molecule has 0 radical (unpaired) electrons. The van der Waals surface area contributed by atoms with Crippen LogP contribution in [-0.4, -0.2) is 22.2 Å². The summed E-state index contributed by atoms with van der Waals surface area (Å²) in [5.74, 6) is 1.37. The van der Waals surface area contributed by atoms with Crippen LogP contribution in [0.5, 0.6) is 11.6 Å². The average molecular weight is 375 g/mol. The van der Waals surface area contributed by atoms with E-state index in [1.807, 2.05) is 68.4 Å². The first-order valence-electron chi connectivity index (χ1n) is 9.34. The second kappa shape index (κ2) is 9.04. The molecule has 1 heterocycles. The van der Waals surface area contributed by atoms with Crippen molar-refractivity contribution < 1.29 is 9.53 Å². The Balaban J connectivity index is 1.94. The zero-order chi connectivity index (χ0) is 19.9. The molecule has 144 valence electrons. The predicted octanol–water partition coefficient (Wildman–Crippen LogP) is 4.52. The van der Waals surface area contributed by atoms with E-state index in [1.54, 1.807) is 10.8 Å². The van der Waals surface area contributed by atoms with E-state index in [-0.39, 0.29) is 5.91 Å². The Hall–Kier alpha value is -3.34. The molecule has 1 N–H and O–H groups in total. The highest BCUT2D eigenvalue weighted by molar-refractivity contribution is 5.76. The Morgan fingerprint density at radius 3 is 2.68 bits per heavy atom. The van der Waals surface area contributed by atoms with E-state index in [9.17, 15) is 4.79 Å². The van der Waals surface area contributed by atoms with Crippen molar-refractivity contribution in [2.75, 3.05) is 6.54 Å². The number of aromatic nitrogens is 2. The molecule has 2 aromatic carbocycles. The minimum Gasteiger partial charge on any atom is -0.439 e. The first kappa shape index (κ1) is 19.4. The van der Waals surface area contributed by atoms with E-state index in [1.165, 1.54) is 0 Å². The van der Waals surface area contributed by atoms with Crippen LogP contribution in [-0.2, 0) is 11.2 Å². The second-order valence-corrected chi connectivity index (χ2v) is 6.63. The molecule has 0 aliphatic rings. The summed E-state index contributed by atoms with van der Waals surface area (Å²) in [5.41, 5.74) is 3.81. The van der Waals surface area contributed by atoms with E-state index in [4.69, 9.17) is 4.74 Å². The van der Waals surface area contributed by atoms with Gasteiger partial charge in [-0.3, -0.25) is 4.79 Å². The first-order chi connectivity index (χ1) is 13.6. The maximum Gasteiger partial charge on any atom is 0.226 e. The highest BCUT2D eigenvalue weighted by Gasteiger charge is 2.19. The van der Waals surface area contributed by atoms with Crippen molar-refractivity contribution in [3.63, 3.8) is 0 Å². The molecule has 0 aliphatic heterocycles. The lowest BCUT2D eigenvalue weighted by Crippen LogP contribution is -2.23. The standard InChI is InChI=1S/C23H25N3O2/c1-4-15-24-22(27)14-13-21-18(3)25-26(19-10-6-5-7-11-19)23(21)28-20-12-8-9-17(2)16-20/h4-12,16H,1,13-15H2,2-3H3,(H,24,27). The third kappa shape index (κ3) is 4.68. The van der Waals surface area contributed by atoms with Crippen molar-refractivity contribution in [3.8, 4) is 17.3 Å². The van der Waals surface area contributed by atoms with Crippen LogP contribution in [0.1, 0.15) is 23.2 Å². The normalized spacial score (nSPS) is 10.5. The molecular formula is C23H25N3O2. The molecule has 0 spiro atoms. The maximum absolute atomic E-state index is 12.1. The molecule has 0 atom stereocenters. The van der Waals surface area contributed by atoms with Gasteiger partial charge < -0.3 is 10.1 Å². The van der Waals surface area contributed by atoms with Gasteiger partial charge in [0.25, 0.3) is 0 Å². The van der Waals surface area contributed by atoms with Gasteiger partial charge in [0.2, 0.25) is 11.8 Å². The molecule has 1 amide bonds. The number of rotatable bonds is 8. The summed E-state index contributed by atoms with van der Waals surface area (Å²) in [4.78, 5) is 12.1. The SMILES string of the molecule is C=CCNC(=O)CCc1c(C)nn(-c2ccccc2)c1Oc1cccc(C)c1.